The van der Waals surface area contributed by atoms with E-state index >= 15 is 0 Å². The highest BCUT2D eigenvalue weighted by molar-refractivity contribution is 7.98. The Morgan fingerprint density at radius 2 is 2.13 bits per heavy atom. The third kappa shape index (κ3) is 9.28. The molecule has 0 aliphatic rings. The van der Waals surface area contributed by atoms with Crippen LogP contribution in [-0.4, -0.2) is 44.6 Å². The molecule has 0 atom stereocenters. The summed E-state index contributed by atoms with van der Waals surface area (Å²) >= 11 is 1.85. The second-order valence-corrected chi connectivity index (χ2v) is 5.89. The van der Waals surface area contributed by atoms with E-state index in [1.807, 2.05) is 17.8 Å². The van der Waals surface area contributed by atoms with Gasteiger partial charge in [0.05, 0.1) is 0 Å². The normalized spacial score (nSPS) is 11.6. The predicted octanol–water partition coefficient (Wildman–Crippen LogP) is 3.14. The topological polar surface area (TPSA) is 45.7 Å². The molecular weight excluding hydrogens is 320 g/mol. The summed E-state index contributed by atoms with van der Waals surface area (Å²) in [6, 6.07) is 7.12. The average Bonchev–Trinajstić information content (AvgIpc) is 2.56. The minimum Gasteiger partial charge on any atom is -0.488 e. The molecule has 0 radical (unpaired) electrons. The molecule has 4 nitrogen and oxygen atoms in total. The molecule has 0 aliphatic carbocycles. The molecule has 0 aliphatic heterocycles. The monoisotopic (exact) mass is 345 g/mol. The fraction of sp³-hybridized carbons (Fsp3) is 0.562. The van der Waals surface area contributed by atoms with Crippen molar-refractivity contribution >= 4 is 17.7 Å². The Hall–Kier alpha value is -1.50. The summed E-state index contributed by atoms with van der Waals surface area (Å²) < 4.78 is 29.3. The molecule has 0 heterocycles. The van der Waals surface area contributed by atoms with E-state index in [-0.39, 0.29) is 0 Å². The van der Waals surface area contributed by atoms with Crippen molar-refractivity contribution in [2.45, 2.75) is 25.8 Å². The lowest BCUT2D eigenvalue weighted by molar-refractivity contribution is 0.0818. The van der Waals surface area contributed by atoms with Gasteiger partial charge >= 0.3 is 0 Å². The number of ether oxygens (including phenoxy) is 1. The van der Waals surface area contributed by atoms with E-state index in [2.05, 4.69) is 21.9 Å². The summed E-state index contributed by atoms with van der Waals surface area (Å²) in [7, 11) is 1.72. The van der Waals surface area contributed by atoms with Crippen molar-refractivity contribution < 1.29 is 13.5 Å². The summed E-state index contributed by atoms with van der Waals surface area (Å²) in [4.78, 5) is 4.16. The number of alkyl halides is 2. The summed E-state index contributed by atoms with van der Waals surface area (Å²) in [6.45, 7) is 0.838. The van der Waals surface area contributed by atoms with E-state index in [1.54, 1.807) is 25.2 Å². The van der Waals surface area contributed by atoms with Crippen LogP contribution in [0.15, 0.2) is 29.3 Å². The number of aliphatic imine (C=N–C) groups is 1. The number of hydrogen-bond acceptors (Lipinski definition) is 3. The molecule has 0 unspecified atom stereocenters. The molecule has 0 fully saturated rings. The predicted molar refractivity (Wildman–Crippen MR) is 93.8 cm³/mol. The number of nitrogens with zero attached hydrogens (tertiary/aromatic N) is 1. The summed E-state index contributed by atoms with van der Waals surface area (Å²) in [6.07, 6.45) is 1.91. The van der Waals surface area contributed by atoms with Crippen LogP contribution in [0.2, 0.25) is 0 Å². The van der Waals surface area contributed by atoms with Crippen LogP contribution in [0.5, 0.6) is 5.75 Å². The van der Waals surface area contributed by atoms with Gasteiger partial charge in [-0.05, 0) is 42.5 Å². The van der Waals surface area contributed by atoms with E-state index in [4.69, 9.17) is 4.74 Å². The molecule has 0 bridgehead atoms. The van der Waals surface area contributed by atoms with Gasteiger partial charge in [0.2, 0.25) is 0 Å². The Labute approximate surface area is 141 Å². The summed E-state index contributed by atoms with van der Waals surface area (Å²) in [5.41, 5.74) is 0.946. The van der Waals surface area contributed by atoms with Gasteiger partial charge < -0.3 is 15.4 Å². The molecule has 0 saturated heterocycles. The minimum absolute atomic E-state index is 0.449. The highest BCUT2D eigenvalue weighted by atomic mass is 32.2. The number of unbranched alkanes of at least 4 members (excludes halogenated alkanes) is 1. The number of hydrogen-bond donors (Lipinski definition) is 2. The van der Waals surface area contributed by atoms with Gasteiger partial charge in [-0.3, -0.25) is 4.99 Å². The fourth-order valence-corrected chi connectivity index (χ4v) is 2.38. The zero-order valence-electron chi connectivity index (χ0n) is 13.6. The van der Waals surface area contributed by atoms with Crippen molar-refractivity contribution in [2.75, 3.05) is 32.2 Å². The second kappa shape index (κ2) is 12.0. The van der Waals surface area contributed by atoms with Gasteiger partial charge in [0, 0.05) is 20.1 Å². The van der Waals surface area contributed by atoms with Gasteiger partial charge in [-0.2, -0.15) is 11.8 Å². The molecule has 0 amide bonds. The van der Waals surface area contributed by atoms with Crippen LogP contribution in [-0.2, 0) is 6.54 Å². The summed E-state index contributed by atoms with van der Waals surface area (Å²) in [5, 5.41) is 6.45. The maximum absolute atomic E-state index is 12.2. The van der Waals surface area contributed by atoms with Crippen LogP contribution < -0.4 is 15.4 Å². The van der Waals surface area contributed by atoms with Gasteiger partial charge in [0.25, 0.3) is 6.43 Å². The number of benzene rings is 1. The van der Waals surface area contributed by atoms with Crippen molar-refractivity contribution in [3.05, 3.63) is 29.8 Å². The lowest BCUT2D eigenvalue weighted by atomic mass is 10.2. The molecule has 130 valence electrons. The zero-order valence-corrected chi connectivity index (χ0v) is 14.5. The molecule has 1 rings (SSSR count). The van der Waals surface area contributed by atoms with E-state index in [9.17, 15) is 8.78 Å². The fourth-order valence-electron chi connectivity index (χ4n) is 1.89. The quantitative estimate of drug-likeness (QED) is 0.388. The first-order valence-corrected chi connectivity index (χ1v) is 8.98. The van der Waals surface area contributed by atoms with Crippen LogP contribution in [0.25, 0.3) is 0 Å². The number of halogens is 2. The first kappa shape index (κ1) is 19.5. The van der Waals surface area contributed by atoms with Crippen LogP contribution in [0.3, 0.4) is 0 Å². The minimum atomic E-state index is -2.47. The Kier molecular flexibility index (Phi) is 10.2. The van der Waals surface area contributed by atoms with Crippen molar-refractivity contribution in [1.82, 2.24) is 10.6 Å². The van der Waals surface area contributed by atoms with Gasteiger partial charge in [-0.25, -0.2) is 8.78 Å². The Bertz CT molecular complexity index is 472. The van der Waals surface area contributed by atoms with Crippen LogP contribution in [0, 0.1) is 0 Å². The molecule has 2 N–H and O–H groups in total. The lowest BCUT2D eigenvalue weighted by Gasteiger charge is -2.12. The molecule has 7 heteroatoms. The van der Waals surface area contributed by atoms with Crippen molar-refractivity contribution in [1.29, 1.82) is 0 Å². The van der Waals surface area contributed by atoms with Crippen molar-refractivity contribution in [2.24, 2.45) is 4.99 Å². The van der Waals surface area contributed by atoms with Crippen molar-refractivity contribution in [3.8, 4) is 5.75 Å². The van der Waals surface area contributed by atoms with E-state index < -0.39 is 13.0 Å². The summed E-state index contributed by atoms with van der Waals surface area (Å²) in [5.74, 6) is 2.34. The van der Waals surface area contributed by atoms with Gasteiger partial charge in [0.1, 0.15) is 12.4 Å². The van der Waals surface area contributed by atoms with Gasteiger partial charge in [0.15, 0.2) is 5.96 Å². The Morgan fingerprint density at radius 1 is 1.30 bits per heavy atom. The highest BCUT2D eigenvalue weighted by Gasteiger charge is 2.04. The molecule has 0 saturated carbocycles. The second-order valence-electron chi connectivity index (χ2n) is 4.90. The molecule has 1 aromatic carbocycles. The molecular formula is C16H25F2N3OS. The zero-order chi connectivity index (χ0) is 16.9. The molecule has 0 spiro atoms. The van der Waals surface area contributed by atoms with Crippen LogP contribution >= 0.6 is 11.8 Å². The third-order valence-corrected chi connectivity index (χ3v) is 3.72. The van der Waals surface area contributed by atoms with Gasteiger partial charge in [-0.1, -0.05) is 12.1 Å². The number of rotatable bonds is 10. The first-order chi connectivity index (χ1) is 11.2. The van der Waals surface area contributed by atoms with E-state index in [0.29, 0.717) is 12.3 Å². The number of guanidine groups is 1. The van der Waals surface area contributed by atoms with Crippen LogP contribution in [0.1, 0.15) is 18.4 Å². The standard InChI is InChI=1S/C16H25F2N3OS/c1-19-16(20-8-3-4-9-23-2)21-11-13-6-5-7-14(10-13)22-12-15(17)18/h5-7,10,15H,3-4,8-9,11-12H2,1-2H3,(H2,19,20,21). The van der Waals surface area contributed by atoms with E-state index in [0.717, 1.165) is 24.5 Å². The smallest absolute Gasteiger partial charge is 0.272 e. The first-order valence-electron chi connectivity index (χ1n) is 7.59. The molecule has 0 aromatic heterocycles. The Balaban J connectivity index is 2.35. The maximum Gasteiger partial charge on any atom is 0.272 e. The molecule has 1 aromatic rings. The highest BCUT2D eigenvalue weighted by Crippen LogP contribution is 2.14. The van der Waals surface area contributed by atoms with Crippen LogP contribution in [0.4, 0.5) is 8.78 Å². The maximum atomic E-state index is 12.2. The third-order valence-electron chi connectivity index (χ3n) is 3.03. The number of thioether (sulfide) groups is 1. The molecule has 23 heavy (non-hydrogen) atoms. The largest absolute Gasteiger partial charge is 0.488 e. The van der Waals surface area contributed by atoms with Gasteiger partial charge in [-0.15, -0.1) is 0 Å². The van der Waals surface area contributed by atoms with E-state index in [1.165, 1.54) is 12.2 Å². The lowest BCUT2D eigenvalue weighted by Crippen LogP contribution is -2.37. The average molecular weight is 345 g/mol. The number of nitrogens with one attached hydrogen (secondary N) is 2. The Morgan fingerprint density at radius 3 is 2.83 bits per heavy atom. The van der Waals surface area contributed by atoms with Crippen molar-refractivity contribution in [3.63, 3.8) is 0 Å². The SMILES string of the molecule is CN=C(NCCCCSC)NCc1cccc(OCC(F)F)c1.